The smallest absolute Gasteiger partial charge is 0.0997 e. The van der Waals surface area contributed by atoms with Crippen LogP contribution in [-0.4, -0.2) is 30.6 Å². The first-order valence-corrected chi connectivity index (χ1v) is 4.68. The highest BCUT2D eigenvalue weighted by atomic mass is 15.3. The lowest BCUT2D eigenvalue weighted by atomic mass is 9.84. The van der Waals surface area contributed by atoms with E-state index in [0.717, 1.165) is 12.8 Å². The molecule has 0 fully saturated rings. The molecule has 3 heteroatoms. The molecule has 1 atom stereocenters. The molecule has 0 spiro atoms. The van der Waals surface area contributed by atoms with E-state index in [1.807, 2.05) is 14.1 Å². The number of nitrogens with one attached hydrogen (secondary N) is 1. The van der Waals surface area contributed by atoms with E-state index in [1.165, 1.54) is 0 Å². The maximum Gasteiger partial charge on any atom is 0.0997 e. The second-order valence-corrected chi connectivity index (χ2v) is 3.47. The van der Waals surface area contributed by atoms with Crippen molar-refractivity contribution in [2.24, 2.45) is 5.84 Å². The van der Waals surface area contributed by atoms with Gasteiger partial charge in [0.2, 0.25) is 0 Å². The Labute approximate surface area is 81.6 Å². The van der Waals surface area contributed by atoms with Crippen LogP contribution in [0.2, 0.25) is 0 Å². The van der Waals surface area contributed by atoms with E-state index in [9.17, 15) is 0 Å². The van der Waals surface area contributed by atoms with E-state index in [0.29, 0.717) is 0 Å². The number of hydrogen-bond acceptors (Lipinski definition) is 3. The quantitative estimate of drug-likeness (QED) is 0.372. The number of nitrogens with zero attached hydrogens (tertiary/aromatic N) is 1. The molecule has 76 valence electrons. The molecule has 3 nitrogen and oxygen atoms in total. The van der Waals surface area contributed by atoms with Crippen molar-refractivity contribution in [2.75, 3.05) is 14.1 Å². The van der Waals surface area contributed by atoms with Crippen molar-refractivity contribution < 1.29 is 0 Å². The molecule has 0 aromatic rings. The van der Waals surface area contributed by atoms with Crippen molar-refractivity contribution in [3.8, 4) is 12.3 Å². The molecule has 3 N–H and O–H groups in total. The summed E-state index contributed by atoms with van der Waals surface area (Å²) in [7, 11) is 4.07. The topological polar surface area (TPSA) is 41.3 Å². The predicted octanol–water partition coefficient (Wildman–Crippen LogP) is 0.572. The second kappa shape index (κ2) is 5.23. The fraction of sp³-hybridized carbons (Fsp3) is 0.800. The van der Waals surface area contributed by atoms with Crippen molar-refractivity contribution in [3.63, 3.8) is 0 Å². The molecule has 0 aromatic carbocycles. The highest BCUT2D eigenvalue weighted by Crippen LogP contribution is 2.24. The van der Waals surface area contributed by atoms with Crippen LogP contribution >= 0.6 is 0 Å². The summed E-state index contributed by atoms with van der Waals surface area (Å²) >= 11 is 0. The van der Waals surface area contributed by atoms with Crippen LogP contribution in [0.3, 0.4) is 0 Å². The molecule has 0 saturated heterocycles. The number of rotatable bonds is 5. The summed E-state index contributed by atoms with van der Waals surface area (Å²) in [5.41, 5.74) is 2.66. The minimum Gasteiger partial charge on any atom is -0.301 e. The van der Waals surface area contributed by atoms with Gasteiger partial charge in [0.25, 0.3) is 0 Å². The summed E-state index contributed by atoms with van der Waals surface area (Å²) in [6.45, 7) is 4.26. The molecule has 0 aliphatic rings. The lowest BCUT2D eigenvalue weighted by Gasteiger charge is -2.42. The second-order valence-electron chi connectivity index (χ2n) is 3.47. The van der Waals surface area contributed by atoms with E-state index in [-0.39, 0.29) is 11.6 Å². The lowest BCUT2D eigenvalue weighted by molar-refractivity contribution is 0.111. The van der Waals surface area contributed by atoms with Gasteiger partial charge in [-0.2, -0.15) is 0 Å². The zero-order valence-corrected chi connectivity index (χ0v) is 9.09. The van der Waals surface area contributed by atoms with Crippen molar-refractivity contribution in [1.82, 2.24) is 10.3 Å². The van der Waals surface area contributed by atoms with Gasteiger partial charge in [-0.3, -0.25) is 5.84 Å². The third-order valence-electron chi connectivity index (χ3n) is 2.99. The van der Waals surface area contributed by atoms with Gasteiger partial charge in [-0.15, -0.1) is 6.42 Å². The van der Waals surface area contributed by atoms with E-state index in [2.05, 4.69) is 30.1 Å². The summed E-state index contributed by atoms with van der Waals surface area (Å²) in [6.07, 6.45) is 7.40. The average Bonchev–Trinajstić information content (AvgIpc) is 2.13. The van der Waals surface area contributed by atoms with E-state index in [4.69, 9.17) is 12.3 Å². The molecule has 0 rings (SSSR count). The Morgan fingerprint density at radius 2 is 1.92 bits per heavy atom. The minimum absolute atomic E-state index is 0.0382. The SMILES string of the molecule is C#CC(NN)C(CC)(CC)N(C)C. The molecule has 0 aromatic heterocycles. The first-order chi connectivity index (χ1) is 6.08. The Bertz CT molecular complexity index is 177. The summed E-state index contributed by atoms with van der Waals surface area (Å²) in [5.74, 6) is 8.14. The van der Waals surface area contributed by atoms with E-state index < -0.39 is 0 Å². The van der Waals surface area contributed by atoms with Gasteiger partial charge >= 0.3 is 0 Å². The van der Waals surface area contributed by atoms with E-state index in [1.54, 1.807) is 0 Å². The van der Waals surface area contributed by atoms with Gasteiger partial charge in [-0.05, 0) is 26.9 Å². The van der Waals surface area contributed by atoms with E-state index >= 15 is 0 Å². The normalized spacial score (nSPS) is 14.2. The first kappa shape index (κ1) is 12.4. The standard InChI is InChI=1S/C10H21N3/c1-6-9(12-11)10(7-2,8-3)13(4)5/h1,9,12H,7-8,11H2,2-5H3. The highest BCUT2D eigenvalue weighted by Gasteiger charge is 2.36. The van der Waals surface area contributed by atoms with Gasteiger partial charge in [0.15, 0.2) is 0 Å². The fourth-order valence-corrected chi connectivity index (χ4v) is 1.91. The summed E-state index contributed by atoms with van der Waals surface area (Å²) in [5, 5.41) is 0. The van der Waals surface area contributed by atoms with Crippen LogP contribution in [0.5, 0.6) is 0 Å². The Morgan fingerprint density at radius 3 is 2.00 bits per heavy atom. The monoisotopic (exact) mass is 183 g/mol. The van der Waals surface area contributed by atoms with Gasteiger partial charge in [0, 0.05) is 5.54 Å². The average molecular weight is 183 g/mol. The number of hydrogen-bond donors (Lipinski definition) is 2. The molecule has 13 heavy (non-hydrogen) atoms. The molecule has 0 amide bonds. The van der Waals surface area contributed by atoms with Crippen molar-refractivity contribution in [2.45, 2.75) is 38.3 Å². The largest absolute Gasteiger partial charge is 0.301 e. The molecule has 0 aliphatic heterocycles. The van der Waals surface area contributed by atoms with Crippen LogP contribution in [0, 0.1) is 12.3 Å². The molecular weight excluding hydrogens is 162 g/mol. The molecule has 1 unspecified atom stereocenters. The fourth-order valence-electron chi connectivity index (χ4n) is 1.91. The van der Waals surface area contributed by atoms with Gasteiger partial charge < -0.3 is 4.90 Å². The van der Waals surface area contributed by atoms with Crippen molar-refractivity contribution in [3.05, 3.63) is 0 Å². The van der Waals surface area contributed by atoms with Crippen LogP contribution in [0.1, 0.15) is 26.7 Å². The maximum absolute atomic E-state index is 5.44. The minimum atomic E-state index is -0.0995. The third kappa shape index (κ3) is 2.22. The summed E-state index contributed by atoms with van der Waals surface area (Å²) < 4.78 is 0. The van der Waals surface area contributed by atoms with Crippen LogP contribution in [0.25, 0.3) is 0 Å². The van der Waals surface area contributed by atoms with Crippen molar-refractivity contribution >= 4 is 0 Å². The van der Waals surface area contributed by atoms with Gasteiger partial charge in [-0.1, -0.05) is 19.8 Å². The number of likely N-dealkylation sites (N-methyl/N-ethyl adjacent to an activating group) is 1. The predicted molar refractivity (Wildman–Crippen MR) is 56.9 cm³/mol. The summed E-state index contributed by atoms with van der Waals surface area (Å²) in [4.78, 5) is 2.15. The molecule has 0 heterocycles. The highest BCUT2D eigenvalue weighted by molar-refractivity contribution is 5.12. The molecule has 0 aliphatic carbocycles. The zero-order valence-electron chi connectivity index (χ0n) is 9.09. The molecular formula is C10H21N3. The van der Waals surface area contributed by atoms with Crippen LogP contribution in [0.4, 0.5) is 0 Å². The zero-order chi connectivity index (χ0) is 10.5. The van der Waals surface area contributed by atoms with Crippen LogP contribution < -0.4 is 11.3 Å². The molecule has 0 bridgehead atoms. The first-order valence-electron chi connectivity index (χ1n) is 4.68. The Balaban J connectivity index is 4.85. The molecule has 0 radical (unpaired) electrons. The Kier molecular flexibility index (Phi) is 5.01. The number of terminal acetylenes is 1. The van der Waals surface area contributed by atoms with Gasteiger partial charge in [0.05, 0.1) is 6.04 Å². The van der Waals surface area contributed by atoms with Crippen LogP contribution in [0.15, 0.2) is 0 Å². The van der Waals surface area contributed by atoms with Gasteiger partial charge in [0.1, 0.15) is 0 Å². The van der Waals surface area contributed by atoms with Crippen molar-refractivity contribution in [1.29, 1.82) is 0 Å². The molecule has 0 saturated carbocycles. The maximum atomic E-state index is 5.44. The Hall–Kier alpha value is -0.560. The van der Waals surface area contributed by atoms with Gasteiger partial charge in [-0.25, -0.2) is 5.43 Å². The van der Waals surface area contributed by atoms with Crippen LogP contribution in [-0.2, 0) is 0 Å². The Morgan fingerprint density at radius 1 is 1.46 bits per heavy atom. The summed E-state index contributed by atoms with van der Waals surface area (Å²) in [6, 6.07) is -0.0995. The third-order valence-corrected chi connectivity index (χ3v) is 2.99. The number of hydrazine groups is 1. The lowest BCUT2D eigenvalue weighted by Crippen LogP contribution is -2.59. The number of nitrogens with two attached hydrogens (primary N) is 1.